The van der Waals surface area contributed by atoms with E-state index in [0.29, 0.717) is 13.0 Å². The molecule has 0 amide bonds. The van der Waals surface area contributed by atoms with Crippen LogP contribution in [0.2, 0.25) is 0 Å². The first-order valence-electron chi connectivity index (χ1n) is 7.93. The molecule has 0 unspecified atom stereocenters. The van der Waals surface area contributed by atoms with Crippen molar-refractivity contribution in [1.29, 1.82) is 0 Å². The summed E-state index contributed by atoms with van der Waals surface area (Å²) in [6.45, 7) is 12.5. The highest BCUT2D eigenvalue weighted by Gasteiger charge is 2.18. The molecule has 0 saturated heterocycles. The van der Waals surface area contributed by atoms with Gasteiger partial charge in [0, 0.05) is 6.42 Å². The maximum atomic E-state index is 11.7. The summed E-state index contributed by atoms with van der Waals surface area (Å²) in [5.74, 6) is -1.34. The summed E-state index contributed by atoms with van der Waals surface area (Å²) in [5, 5.41) is 0. The smallest absolute Gasteiger partial charge is 0.339 e. The molecule has 0 aliphatic rings. The molecule has 0 atom stereocenters. The predicted molar refractivity (Wildman–Crippen MR) is 98.8 cm³/mol. The van der Waals surface area contributed by atoms with Gasteiger partial charge in [0.2, 0.25) is 0 Å². The number of hydrogen-bond acceptors (Lipinski definition) is 6. The molecule has 0 heterocycles. The zero-order valence-corrected chi connectivity index (χ0v) is 14.9. The molecule has 26 heavy (non-hydrogen) atoms. The molecule has 1 aromatic carbocycles. The largest absolute Gasteiger partial charge is 0.461 e. The van der Waals surface area contributed by atoms with E-state index < -0.39 is 11.9 Å². The molecule has 0 fully saturated rings. The number of carbonyl (C=O) groups is 3. The van der Waals surface area contributed by atoms with E-state index in [2.05, 4.69) is 24.5 Å². The Morgan fingerprint density at radius 2 is 1.19 bits per heavy atom. The van der Waals surface area contributed by atoms with Crippen molar-refractivity contribution in [3.05, 3.63) is 73.4 Å². The number of carbonyl (C=O) groups excluding carboxylic acids is 3. The van der Waals surface area contributed by atoms with Crippen molar-refractivity contribution in [2.45, 2.75) is 13.3 Å². The van der Waals surface area contributed by atoms with E-state index in [-0.39, 0.29) is 30.3 Å². The first-order chi connectivity index (χ1) is 12.5. The molecule has 0 radical (unpaired) electrons. The summed E-state index contributed by atoms with van der Waals surface area (Å²) in [5.41, 5.74) is 0.349. The molecule has 140 valence electrons. The van der Waals surface area contributed by atoms with Gasteiger partial charge in [-0.15, -0.1) is 0 Å². The molecule has 0 N–H and O–H groups in total. The minimum absolute atomic E-state index is 0.0921. The highest BCUT2D eigenvalue weighted by Crippen LogP contribution is 2.12. The average molecular weight is 360 g/mol. The van der Waals surface area contributed by atoms with Gasteiger partial charge in [0.05, 0.1) is 11.1 Å². The second-order valence-electron chi connectivity index (χ2n) is 4.65. The number of rotatable bonds is 9. The van der Waals surface area contributed by atoms with Crippen LogP contribution < -0.4 is 0 Å². The number of hydrogen-bond donors (Lipinski definition) is 0. The predicted octanol–water partition coefficient (Wildman–Crippen LogP) is 3.50. The van der Waals surface area contributed by atoms with E-state index in [4.69, 9.17) is 9.47 Å². The van der Waals surface area contributed by atoms with Gasteiger partial charge in [-0.1, -0.05) is 57.0 Å². The lowest BCUT2D eigenvalue weighted by Crippen LogP contribution is -2.14. The zero-order chi connectivity index (χ0) is 19.8. The maximum Gasteiger partial charge on any atom is 0.339 e. The number of ether oxygens (including phenoxy) is 3. The Hall–Kier alpha value is -3.15. The SMILES string of the molecule is C=CCOC(=O)CC.C=CCOC(=O)c1ccccc1C(=O)OCC=C. The van der Waals surface area contributed by atoms with Crippen LogP contribution in [0.1, 0.15) is 34.1 Å². The Bertz CT molecular complexity index is 590. The Morgan fingerprint density at radius 3 is 1.54 bits per heavy atom. The van der Waals surface area contributed by atoms with E-state index in [0.717, 1.165) is 0 Å². The van der Waals surface area contributed by atoms with Crippen LogP contribution in [0.25, 0.3) is 0 Å². The van der Waals surface area contributed by atoms with E-state index in [9.17, 15) is 14.4 Å². The van der Waals surface area contributed by atoms with Crippen LogP contribution in [0.5, 0.6) is 0 Å². The van der Waals surface area contributed by atoms with Crippen LogP contribution in [-0.4, -0.2) is 37.7 Å². The topological polar surface area (TPSA) is 78.9 Å². The maximum absolute atomic E-state index is 11.7. The lowest BCUT2D eigenvalue weighted by atomic mass is 10.1. The van der Waals surface area contributed by atoms with E-state index in [1.807, 2.05) is 0 Å². The monoisotopic (exact) mass is 360 g/mol. The molecule has 1 aromatic rings. The van der Waals surface area contributed by atoms with Crippen LogP contribution in [0.4, 0.5) is 0 Å². The molecule has 0 aromatic heterocycles. The Labute approximate surface area is 153 Å². The van der Waals surface area contributed by atoms with Gasteiger partial charge in [-0.3, -0.25) is 4.79 Å². The fraction of sp³-hybridized carbons (Fsp3) is 0.250. The third-order valence-electron chi connectivity index (χ3n) is 2.68. The molecule has 0 aliphatic heterocycles. The Balaban J connectivity index is 0.000000660. The van der Waals surface area contributed by atoms with Crippen LogP contribution >= 0.6 is 0 Å². The number of benzene rings is 1. The van der Waals surface area contributed by atoms with Gasteiger partial charge in [-0.05, 0) is 12.1 Å². The molecule has 6 nitrogen and oxygen atoms in total. The minimum atomic E-state index is -0.582. The summed E-state index contributed by atoms with van der Waals surface area (Å²) in [4.78, 5) is 33.7. The summed E-state index contributed by atoms with van der Waals surface area (Å²) in [6.07, 6.45) is 4.90. The number of esters is 3. The minimum Gasteiger partial charge on any atom is -0.461 e. The summed E-state index contributed by atoms with van der Waals surface area (Å²) in [7, 11) is 0. The van der Waals surface area contributed by atoms with Gasteiger partial charge >= 0.3 is 17.9 Å². The Morgan fingerprint density at radius 1 is 0.808 bits per heavy atom. The lowest BCUT2D eigenvalue weighted by Gasteiger charge is -2.07. The standard InChI is InChI=1S/C14H14O4.C6H10O2/c1-3-9-17-13(15)11-7-5-6-8-12(11)14(16)18-10-4-2;1-3-5-8-6(7)4-2/h3-8H,1-2,9-10H2;3H,1,4-5H2,2H3. The normalized spacial score (nSPS) is 8.96. The fourth-order valence-electron chi connectivity index (χ4n) is 1.52. The molecular formula is C20H24O6. The molecule has 0 aliphatic carbocycles. The highest BCUT2D eigenvalue weighted by atomic mass is 16.5. The summed E-state index contributed by atoms with van der Waals surface area (Å²) >= 11 is 0. The van der Waals surface area contributed by atoms with Crippen LogP contribution in [0.15, 0.2) is 62.2 Å². The molecular weight excluding hydrogens is 336 g/mol. The average Bonchev–Trinajstić information content (AvgIpc) is 2.68. The van der Waals surface area contributed by atoms with Crippen molar-refractivity contribution in [3.8, 4) is 0 Å². The highest BCUT2D eigenvalue weighted by molar-refractivity contribution is 6.03. The molecule has 0 spiro atoms. The second kappa shape index (κ2) is 14.2. The third kappa shape index (κ3) is 9.22. The van der Waals surface area contributed by atoms with Crippen molar-refractivity contribution < 1.29 is 28.6 Å². The molecule has 0 saturated carbocycles. The van der Waals surface area contributed by atoms with Gasteiger partial charge in [0.25, 0.3) is 0 Å². The van der Waals surface area contributed by atoms with Crippen LogP contribution in [-0.2, 0) is 19.0 Å². The van der Waals surface area contributed by atoms with E-state index >= 15 is 0 Å². The lowest BCUT2D eigenvalue weighted by molar-refractivity contribution is -0.141. The third-order valence-corrected chi connectivity index (χ3v) is 2.68. The Kier molecular flexibility index (Phi) is 12.5. The van der Waals surface area contributed by atoms with Gasteiger partial charge in [-0.25, -0.2) is 9.59 Å². The molecule has 6 heteroatoms. The van der Waals surface area contributed by atoms with Crippen molar-refractivity contribution in [2.75, 3.05) is 19.8 Å². The van der Waals surface area contributed by atoms with Gasteiger partial charge in [0.15, 0.2) is 0 Å². The van der Waals surface area contributed by atoms with Crippen molar-refractivity contribution >= 4 is 17.9 Å². The van der Waals surface area contributed by atoms with Crippen molar-refractivity contribution in [1.82, 2.24) is 0 Å². The van der Waals surface area contributed by atoms with Crippen LogP contribution in [0.3, 0.4) is 0 Å². The van der Waals surface area contributed by atoms with Gasteiger partial charge in [-0.2, -0.15) is 0 Å². The molecule has 0 bridgehead atoms. The van der Waals surface area contributed by atoms with Gasteiger partial charge in [0.1, 0.15) is 19.8 Å². The van der Waals surface area contributed by atoms with E-state index in [1.54, 1.807) is 25.1 Å². The van der Waals surface area contributed by atoms with Crippen molar-refractivity contribution in [3.63, 3.8) is 0 Å². The molecule has 1 rings (SSSR count). The summed E-state index contributed by atoms with van der Waals surface area (Å²) < 4.78 is 14.4. The zero-order valence-electron chi connectivity index (χ0n) is 14.9. The van der Waals surface area contributed by atoms with E-state index in [1.165, 1.54) is 24.3 Å². The fourth-order valence-corrected chi connectivity index (χ4v) is 1.52. The van der Waals surface area contributed by atoms with Crippen molar-refractivity contribution in [2.24, 2.45) is 0 Å². The first-order valence-corrected chi connectivity index (χ1v) is 7.93. The van der Waals surface area contributed by atoms with Crippen LogP contribution in [0, 0.1) is 0 Å². The summed E-state index contributed by atoms with van der Waals surface area (Å²) in [6, 6.07) is 6.31. The first kappa shape index (κ1) is 22.9. The second-order valence-corrected chi connectivity index (χ2v) is 4.65. The quantitative estimate of drug-likeness (QED) is 0.381. The van der Waals surface area contributed by atoms with Gasteiger partial charge < -0.3 is 14.2 Å².